The summed E-state index contributed by atoms with van der Waals surface area (Å²) in [5.41, 5.74) is 5.68. The summed E-state index contributed by atoms with van der Waals surface area (Å²) in [5.74, 6) is -0.0340. The molecule has 0 radical (unpaired) electrons. The van der Waals surface area contributed by atoms with Crippen LogP contribution in [0.3, 0.4) is 0 Å². The number of nitrogens with two attached hydrogens (primary N) is 1. The van der Waals surface area contributed by atoms with Crippen LogP contribution in [0, 0.1) is 0 Å². The van der Waals surface area contributed by atoms with E-state index in [2.05, 4.69) is 16.9 Å². The predicted molar refractivity (Wildman–Crippen MR) is 83.7 cm³/mol. The summed E-state index contributed by atoms with van der Waals surface area (Å²) in [7, 11) is 0. The highest BCUT2D eigenvalue weighted by atomic mass is 127. The number of guanidine groups is 1. The standard InChI is InChI=1S/C12H21N3O3.HI/c1-2-5-14-11(13)15-8-10-9-17-12(18-10)3-6-16-7-4-12;/h2,10H,1,3-9H2,(H3,13,14,15);1H. The van der Waals surface area contributed by atoms with E-state index in [-0.39, 0.29) is 30.1 Å². The van der Waals surface area contributed by atoms with Crippen LogP contribution in [0.4, 0.5) is 0 Å². The highest BCUT2D eigenvalue weighted by Gasteiger charge is 2.42. The third kappa shape index (κ3) is 4.90. The molecule has 0 amide bonds. The van der Waals surface area contributed by atoms with Gasteiger partial charge in [-0.15, -0.1) is 30.6 Å². The molecule has 110 valence electrons. The first-order valence-electron chi connectivity index (χ1n) is 6.28. The van der Waals surface area contributed by atoms with Crippen molar-refractivity contribution in [3.8, 4) is 0 Å². The van der Waals surface area contributed by atoms with Crippen molar-refractivity contribution in [3.05, 3.63) is 12.7 Å². The lowest BCUT2D eigenvalue weighted by atomic mass is 10.1. The number of hydrogen-bond acceptors (Lipinski definition) is 4. The number of hydrogen-bond donors (Lipinski definition) is 2. The van der Waals surface area contributed by atoms with Gasteiger partial charge in [0, 0.05) is 19.4 Å². The highest BCUT2D eigenvalue weighted by Crippen LogP contribution is 2.33. The molecule has 19 heavy (non-hydrogen) atoms. The lowest BCUT2D eigenvalue weighted by molar-refractivity contribution is -0.210. The van der Waals surface area contributed by atoms with Crippen molar-refractivity contribution >= 4 is 29.9 Å². The number of nitrogens with zero attached hydrogens (tertiary/aromatic N) is 1. The van der Waals surface area contributed by atoms with Crippen molar-refractivity contribution in [2.75, 3.05) is 32.9 Å². The fraction of sp³-hybridized carbons (Fsp3) is 0.750. The van der Waals surface area contributed by atoms with Crippen molar-refractivity contribution < 1.29 is 14.2 Å². The van der Waals surface area contributed by atoms with E-state index >= 15 is 0 Å². The minimum absolute atomic E-state index is 0. The number of nitrogens with one attached hydrogen (secondary N) is 1. The third-order valence-corrected chi connectivity index (χ3v) is 3.06. The average Bonchev–Trinajstić information content (AvgIpc) is 2.78. The zero-order chi connectivity index (χ0) is 12.8. The van der Waals surface area contributed by atoms with Crippen molar-refractivity contribution in [1.29, 1.82) is 0 Å². The molecule has 0 aromatic carbocycles. The Morgan fingerprint density at radius 3 is 2.89 bits per heavy atom. The van der Waals surface area contributed by atoms with Gasteiger partial charge in [0.25, 0.3) is 0 Å². The molecular weight excluding hydrogens is 361 g/mol. The van der Waals surface area contributed by atoms with Gasteiger partial charge in [0.2, 0.25) is 0 Å². The molecule has 6 nitrogen and oxygen atoms in total. The first-order chi connectivity index (χ1) is 8.74. The van der Waals surface area contributed by atoms with E-state index in [4.69, 9.17) is 19.9 Å². The van der Waals surface area contributed by atoms with E-state index < -0.39 is 5.79 Å². The maximum atomic E-state index is 5.93. The molecule has 3 N–H and O–H groups in total. The summed E-state index contributed by atoms with van der Waals surface area (Å²) < 4.78 is 17.0. The maximum absolute atomic E-state index is 5.93. The van der Waals surface area contributed by atoms with Crippen LogP contribution in [0.15, 0.2) is 17.6 Å². The molecule has 1 spiro atoms. The van der Waals surface area contributed by atoms with Crippen molar-refractivity contribution in [2.45, 2.75) is 24.7 Å². The monoisotopic (exact) mass is 383 g/mol. The quantitative estimate of drug-likeness (QED) is 0.322. The van der Waals surface area contributed by atoms with Crippen LogP contribution in [-0.4, -0.2) is 50.8 Å². The minimum atomic E-state index is -0.443. The first kappa shape index (κ1) is 16.7. The highest BCUT2D eigenvalue weighted by molar-refractivity contribution is 14.0. The van der Waals surface area contributed by atoms with E-state index in [1.165, 1.54) is 0 Å². The van der Waals surface area contributed by atoms with Gasteiger partial charge in [-0.25, -0.2) is 0 Å². The van der Waals surface area contributed by atoms with Crippen LogP contribution in [-0.2, 0) is 14.2 Å². The van der Waals surface area contributed by atoms with Crippen LogP contribution in [0.5, 0.6) is 0 Å². The Morgan fingerprint density at radius 2 is 2.21 bits per heavy atom. The molecule has 0 bridgehead atoms. The normalized spacial score (nSPS) is 25.9. The van der Waals surface area contributed by atoms with Gasteiger partial charge in [-0.1, -0.05) is 6.08 Å². The van der Waals surface area contributed by atoms with Gasteiger partial charge >= 0.3 is 0 Å². The van der Waals surface area contributed by atoms with Gasteiger partial charge in [-0.3, -0.25) is 4.99 Å². The van der Waals surface area contributed by atoms with Gasteiger partial charge in [0.1, 0.15) is 6.10 Å². The second kappa shape index (κ2) is 8.03. The molecule has 2 saturated heterocycles. The summed E-state index contributed by atoms with van der Waals surface area (Å²) >= 11 is 0. The number of halogens is 1. The molecule has 1 unspecified atom stereocenters. The Balaban J connectivity index is 0.00000180. The fourth-order valence-corrected chi connectivity index (χ4v) is 2.08. The molecule has 2 fully saturated rings. The molecule has 1 atom stereocenters. The van der Waals surface area contributed by atoms with Crippen LogP contribution >= 0.6 is 24.0 Å². The second-order valence-corrected chi connectivity index (χ2v) is 4.47. The molecule has 2 heterocycles. The maximum Gasteiger partial charge on any atom is 0.188 e. The van der Waals surface area contributed by atoms with Crippen molar-refractivity contribution in [2.24, 2.45) is 10.7 Å². The smallest absolute Gasteiger partial charge is 0.188 e. The predicted octanol–water partition coefficient (Wildman–Crippen LogP) is 0.617. The van der Waals surface area contributed by atoms with E-state index in [0.29, 0.717) is 38.9 Å². The first-order valence-corrected chi connectivity index (χ1v) is 6.28. The number of ether oxygens (including phenoxy) is 3. The Hall–Kier alpha value is -0.380. The van der Waals surface area contributed by atoms with Crippen LogP contribution < -0.4 is 11.1 Å². The Labute approximate surface area is 130 Å². The lowest BCUT2D eigenvalue weighted by Crippen LogP contribution is -2.38. The molecule has 0 aliphatic carbocycles. The number of aliphatic imine (C=N–C) groups is 1. The summed E-state index contributed by atoms with van der Waals surface area (Å²) in [6.45, 7) is 6.67. The van der Waals surface area contributed by atoms with Crippen LogP contribution in [0.2, 0.25) is 0 Å². The van der Waals surface area contributed by atoms with E-state index in [1.807, 2.05) is 0 Å². The average molecular weight is 383 g/mol. The molecule has 2 rings (SSSR count). The SMILES string of the molecule is C=CCNC(N)=NCC1COC2(CCOCC2)O1.I. The van der Waals surface area contributed by atoms with E-state index in [1.54, 1.807) is 6.08 Å². The van der Waals surface area contributed by atoms with Gasteiger partial charge in [0.15, 0.2) is 11.7 Å². The van der Waals surface area contributed by atoms with Crippen molar-refractivity contribution in [1.82, 2.24) is 5.32 Å². The molecular formula is C12H22IN3O3. The Kier molecular flexibility index (Phi) is 7.05. The zero-order valence-electron chi connectivity index (χ0n) is 11.0. The van der Waals surface area contributed by atoms with Crippen LogP contribution in [0.1, 0.15) is 12.8 Å². The van der Waals surface area contributed by atoms with E-state index in [0.717, 1.165) is 12.8 Å². The summed E-state index contributed by atoms with van der Waals surface area (Å²) in [4.78, 5) is 4.22. The van der Waals surface area contributed by atoms with Gasteiger partial charge < -0.3 is 25.3 Å². The van der Waals surface area contributed by atoms with Crippen LogP contribution in [0.25, 0.3) is 0 Å². The number of rotatable bonds is 4. The molecule has 2 aliphatic heterocycles. The summed E-state index contributed by atoms with van der Waals surface area (Å²) in [6.07, 6.45) is 3.29. The topological polar surface area (TPSA) is 78.1 Å². The Bertz CT molecular complexity index is 319. The van der Waals surface area contributed by atoms with Gasteiger partial charge in [-0.2, -0.15) is 0 Å². The largest absolute Gasteiger partial charge is 0.381 e. The molecule has 0 aromatic heterocycles. The van der Waals surface area contributed by atoms with Gasteiger partial charge in [0.05, 0.1) is 26.4 Å². The molecule has 2 aliphatic rings. The zero-order valence-corrected chi connectivity index (χ0v) is 13.3. The Morgan fingerprint density at radius 1 is 1.47 bits per heavy atom. The van der Waals surface area contributed by atoms with Crippen molar-refractivity contribution in [3.63, 3.8) is 0 Å². The molecule has 0 aromatic rings. The fourth-order valence-electron chi connectivity index (χ4n) is 2.08. The van der Waals surface area contributed by atoms with Gasteiger partial charge in [-0.05, 0) is 0 Å². The lowest BCUT2D eigenvalue weighted by Gasteiger charge is -2.31. The molecule has 7 heteroatoms. The summed E-state index contributed by atoms with van der Waals surface area (Å²) in [5, 5.41) is 2.92. The minimum Gasteiger partial charge on any atom is -0.381 e. The third-order valence-electron chi connectivity index (χ3n) is 3.06. The second-order valence-electron chi connectivity index (χ2n) is 4.47. The molecule has 0 saturated carbocycles. The summed E-state index contributed by atoms with van der Waals surface area (Å²) in [6, 6.07) is 0. The van der Waals surface area contributed by atoms with E-state index in [9.17, 15) is 0 Å².